The Morgan fingerprint density at radius 1 is 0.909 bits per heavy atom. The van der Waals surface area contributed by atoms with Crippen molar-refractivity contribution in [3.63, 3.8) is 0 Å². The van der Waals surface area contributed by atoms with Crippen molar-refractivity contribution in [1.82, 2.24) is 0 Å². The van der Waals surface area contributed by atoms with Crippen molar-refractivity contribution in [1.29, 1.82) is 0 Å². The molecule has 22 heavy (non-hydrogen) atoms. The standard InChI is InChI=1S/C16H15NO5/c1-21-13-7-11(8-14(9-13)22-2)15(18)17-12-5-3-10(4-6-12)16(19)20/h3-9H,1-2H3,(H,17,18)(H,19,20). The van der Waals surface area contributed by atoms with Crippen molar-refractivity contribution in [2.45, 2.75) is 0 Å². The summed E-state index contributed by atoms with van der Waals surface area (Å²) in [5.74, 6) is -0.355. The number of rotatable bonds is 5. The predicted octanol–water partition coefficient (Wildman–Crippen LogP) is 2.65. The third-order valence-corrected chi connectivity index (χ3v) is 3.00. The third kappa shape index (κ3) is 3.54. The van der Waals surface area contributed by atoms with Crippen LogP contribution in [-0.4, -0.2) is 31.2 Å². The number of nitrogens with one attached hydrogen (secondary N) is 1. The molecule has 6 nitrogen and oxygen atoms in total. The number of hydrogen-bond acceptors (Lipinski definition) is 4. The minimum atomic E-state index is -1.02. The van der Waals surface area contributed by atoms with E-state index in [1.165, 1.54) is 38.5 Å². The van der Waals surface area contributed by atoms with Gasteiger partial charge < -0.3 is 19.9 Å². The fraction of sp³-hybridized carbons (Fsp3) is 0.125. The quantitative estimate of drug-likeness (QED) is 0.887. The van der Waals surface area contributed by atoms with Gasteiger partial charge in [0.15, 0.2) is 0 Å². The fourth-order valence-corrected chi connectivity index (χ4v) is 1.84. The number of anilines is 1. The van der Waals surface area contributed by atoms with E-state index < -0.39 is 5.97 Å². The van der Waals surface area contributed by atoms with Crippen molar-refractivity contribution < 1.29 is 24.2 Å². The minimum absolute atomic E-state index is 0.154. The first-order valence-electron chi connectivity index (χ1n) is 6.41. The molecule has 0 unspecified atom stereocenters. The van der Waals surface area contributed by atoms with Crippen LogP contribution in [0.15, 0.2) is 42.5 Å². The van der Waals surface area contributed by atoms with Crippen molar-refractivity contribution in [3.05, 3.63) is 53.6 Å². The van der Waals surface area contributed by atoms with Crippen molar-refractivity contribution in [2.24, 2.45) is 0 Å². The number of methoxy groups -OCH3 is 2. The van der Waals surface area contributed by atoms with E-state index in [9.17, 15) is 9.59 Å². The summed E-state index contributed by atoms with van der Waals surface area (Å²) in [5, 5.41) is 11.5. The number of hydrogen-bond donors (Lipinski definition) is 2. The van der Waals surface area contributed by atoms with Crippen molar-refractivity contribution >= 4 is 17.6 Å². The number of amides is 1. The molecule has 0 aliphatic rings. The Morgan fingerprint density at radius 2 is 1.45 bits per heavy atom. The molecule has 0 saturated heterocycles. The van der Waals surface area contributed by atoms with Gasteiger partial charge in [-0.3, -0.25) is 4.79 Å². The van der Waals surface area contributed by atoms with Crippen LogP contribution in [0.4, 0.5) is 5.69 Å². The second kappa shape index (κ2) is 6.62. The largest absolute Gasteiger partial charge is 0.497 e. The molecule has 114 valence electrons. The summed E-state index contributed by atoms with van der Waals surface area (Å²) in [6, 6.07) is 10.7. The summed E-state index contributed by atoms with van der Waals surface area (Å²) in [7, 11) is 3.00. The second-order valence-electron chi connectivity index (χ2n) is 4.44. The van der Waals surface area contributed by atoms with Gasteiger partial charge in [0.1, 0.15) is 11.5 Å². The molecule has 0 radical (unpaired) electrons. The SMILES string of the molecule is COc1cc(OC)cc(C(=O)Nc2ccc(C(=O)O)cc2)c1. The monoisotopic (exact) mass is 301 g/mol. The highest BCUT2D eigenvalue weighted by Gasteiger charge is 2.11. The first-order chi connectivity index (χ1) is 10.5. The topological polar surface area (TPSA) is 84.9 Å². The van der Waals surface area contributed by atoms with Crippen LogP contribution in [0.1, 0.15) is 20.7 Å². The molecule has 6 heteroatoms. The Bertz CT molecular complexity index is 672. The molecular weight excluding hydrogens is 286 g/mol. The highest BCUT2D eigenvalue weighted by Crippen LogP contribution is 2.23. The van der Waals surface area contributed by atoms with Gasteiger partial charge in [-0.2, -0.15) is 0 Å². The summed E-state index contributed by atoms with van der Waals surface area (Å²) >= 11 is 0. The number of carbonyl (C=O) groups is 2. The lowest BCUT2D eigenvalue weighted by Gasteiger charge is -2.09. The molecule has 2 aromatic rings. The number of aromatic carboxylic acids is 1. The normalized spacial score (nSPS) is 9.91. The highest BCUT2D eigenvalue weighted by atomic mass is 16.5. The van der Waals surface area contributed by atoms with Crippen LogP contribution in [0.5, 0.6) is 11.5 Å². The molecule has 0 aromatic heterocycles. The van der Waals surface area contributed by atoms with E-state index in [1.54, 1.807) is 18.2 Å². The van der Waals surface area contributed by atoms with E-state index in [1.807, 2.05) is 0 Å². The predicted molar refractivity (Wildman–Crippen MR) is 80.9 cm³/mol. The molecule has 2 N–H and O–H groups in total. The van der Waals surface area contributed by atoms with Gasteiger partial charge in [-0.25, -0.2) is 4.79 Å². The van der Waals surface area contributed by atoms with Crippen LogP contribution in [-0.2, 0) is 0 Å². The average Bonchev–Trinajstić information content (AvgIpc) is 2.54. The molecule has 2 rings (SSSR count). The maximum absolute atomic E-state index is 12.2. The maximum atomic E-state index is 12.2. The van der Waals surface area contributed by atoms with Crippen molar-refractivity contribution in [2.75, 3.05) is 19.5 Å². The molecule has 0 saturated carbocycles. The Kier molecular flexibility index (Phi) is 4.63. The van der Waals surface area contributed by atoms with Gasteiger partial charge in [-0.15, -0.1) is 0 Å². The number of carboxylic acids is 1. The molecule has 0 fully saturated rings. The van der Waals surface area contributed by atoms with Crippen LogP contribution in [0.2, 0.25) is 0 Å². The van der Waals surface area contributed by atoms with Crippen LogP contribution < -0.4 is 14.8 Å². The van der Waals surface area contributed by atoms with Crippen LogP contribution in [0.25, 0.3) is 0 Å². The first-order valence-corrected chi connectivity index (χ1v) is 6.41. The molecule has 0 aliphatic heterocycles. The average molecular weight is 301 g/mol. The highest BCUT2D eigenvalue weighted by molar-refractivity contribution is 6.05. The molecular formula is C16H15NO5. The lowest BCUT2D eigenvalue weighted by molar-refractivity contribution is 0.0696. The first kappa shape index (κ1) is 15.4. The Balaban J connectivity index is 2.19. The number of ether oxygens (including phenoxy) is 2. The lowest BCUT2D eigenvalue weighted by Crippen LogP contribution is -2.12. The maximum Gasteiger partial charge on any atom is 0.335 e. The zero-order chi connectivity index (χ0) is 16.1. The summed E-state index contributed by atoms with van der Waals surface area (Å²) in [6.45, 7) is 0. The summed E-state index contributed by atoms with van der Waals surface area (Å²) in [6.07, 6.45) is 0. The zero-order valence-electron chi connectivity index (χ0n) is 12.1. The van der Waals surface area contributed by atoms with E-state index in [4.69, 9.17) is 14.6 Å². The summed E-state index contributed by atoms with van der Waals surface area (Å²) < 4.78 is 10.2. The van der Waals surface area contributed by atoms with E-state index in [0.717, 1.165) is 0 Å². The Hall–Kier alpha value is -3.02. The van der Waals surface area contributed by atoms with Gasteiger partial charge >= 0.3 is 5.97 Å². The molecule has 0 spiro atoms. The molecule has 2 aromatic carbocycles. The van der Waals surface area contributed by atoms with Crippen molar-refractivity contribution in [3.8, 4) is 11.5 Å². The van der Waals surface area contributed by atoms with Gasteiger partial charge in [-0.05, 0) is 36.4 Å². The number of benzene rings is 2. The van der Waals surface area contributed by atoms with Gasteiger partial charge in [0.05, 0.1) is 19.8 Å². The van der Waals surface area contributed by atoms with Crippen LogP contribution in [0, 0.1) is 0 Å². The minimum Gasteiger partial charge on any atom is -0.497 e. The van der Waals surface area contributed by atoms with E-state index >= 15 is 0 Å². The molecule has 0 bridgehead atoms. The summed E-state index contributed by atoms with van der Waals surface area (Å²) in [5.41, 5.74) is 1.02. The molecule has 0 heterocycles. The van der Waals surface area contributed by atoms with Gasteiger partial charge in [0, 0.05) is 17.3 Å². The second-order valence-corrected chi connectivity index (χ2v) is 4.44. The number of carboxylic acid groups (broad SMARTS) is 1. The Labute approximate surface area is 127 Å². The van der Waals surface area contributed by atoms with Gasteiger partial charge in [0.25, 0.3) is 5.91 Å². The van der Waals surface area contributed by atoms with Crippen LogP contribution in [0.3, 0.4) is 0 Å². The van der Waals surface area contributed by atoms with Gasteiger partial charge in [-0.1, -0.05) is 0 Å². The zero-order valence-corrected chi connectivity index (χ0v) is 12.1. The number of carbonyl (C=O) groups excluding carboxylic acids is 1. The lowest BCUT2D eigenvalue weighted by atomic mass is 10.1. The molecule has 1 amide bonds. The summed E-state index contributed by atoms with van der Waals surface area (Å²) in [4.78, 5) is 23.0. The van der Waals surface area contributed by atoms with Gasteiger partial charge in [0.2, 0.25) is 0 Å². The fourth-order valence-electron chi connectivity index (χ4n) is 1.84. The van der Waals surface area contributed by atoms with E-state index in [0.29, 0.717) is 22.7 Å². The van der Waals surface area contributed by atoms with Crippen LogP contribution >= 0.6 is 0 Å². The Morgan fingerprint density at radius 3 is 1.91 bits per heavy atom. The third-order valence-electron chi connectivity index (χ3n) is 3.00. The molecule has 0 atom stereocenters. The molecule has 0 aliphatic carbocycles. The van der Waals surface area contributed by atoms with E-state index in [2.05, 4.69) is 5.32 Å². The smallest absolute Gasteiger partial charge is 0.335 e. The van der Waals surface area contributed by atoms with E-state index in [-0.39, 0.29) is 11.5 Å².